The third-order valence-electron chi connectivity index (χ3n) is 2.37. The van der Waals surface area contributed by atoms with Gasteiger partial charge in [0.2, 0.25) is 0 Å². The van der Waals surface area contributed by atoms with Crippen molar-refractivity contribution >= 4 is 12.6 Å². The summed E-state index contributed by atoms with van der Waals surface area (Å²) in [6, 6.07) is 0. The van der Waals surface area contributed by atoms with Gasteiger partial charge in [0.25, 0.3) is 0 Å². The van der Waals surface area contributed by atoms with Crippen molar-refractivity contribution < 1.29 is 19.8 Å². The molecule has 4 atom stereocenters. The fraction of sp³-hybridized carbons (Fsp3) is 0.750. The summed E-state index contributed by atoms with van der Waals surface area (Å²) in [6.45, 7) is 0. The summed E-state index contributed by atoms with van der Waals surface area (Å²) in [5.74, 6) is -0.993. The SMILES string of the molecule is O=CC1CC(C=O)C(O)CC1O. The van der Waals surface area contributed by atoms with Gasteiger partial charge in [-0.1, -0.05) is 0 Å². The van der Waals surface area contributed by atoms with Crippen LogP contribution in [0, 0.1) is 11.8 Å². The molecule has 0 amide bonds. The van der Waals surface area contributed by atoms with Crippen LogP contribution < -0.4 is 0 Å². The molecule has 0 aromatic heterocycles. The predicted molar refractivity (Wildman–Crippen MR) is 40.4 cm³/mol. The van der Waals surface area contributed by atoms with Gasteiger partial charge in [-0.3, -0.25) is 0 Å². The van der Waals surface area contributed by atoms with E-state index in [-0.39, 0.29) is 12.8 Å². The second kappa shape index (κ2) is 3.78. The summed E-state index contributed by atoms with van der Waals surface area (Å²) in [6.07, 6.45) is 0.0739. The van der Waals surface area contributed by atoms with Gasteiger partial charge in [0.05, 0.1) is 12.2 Å². The van der Waals surface area contributed by atoms with E-state index in [1.807, 2.05) is 0 Å². The van der Waals surface area contributed by atoms with Crippen LogP contribution in [0.3, 0.4) is 0 Å². The number of carbonyl (C=O) groups is 2. The molecule has 12 heavy (non-hydrogen) atoms. The minimum atomic E-state index is -0.798. The van der Waals surface area contributed by atoms with E-state index >= 15 is 0 Å². The number of hydrogen-bond acceptors (Lipinski definition) is 4. The first-order chi connectivity index (χ1) is 5.69. The fourth-order valence-corrected chi connectivity index (χ4v) is 1.52. The lowest BCUT2D eigenvalue weighted by atomic mass is 9.79. The molecule has 0 radical (unpaired) electrons. The van der Waals surface area contributed by atoms with Crippen molar-refractivity contribution in [1.29, 1.82) is 0 Å². The lowest BCUT2D eigenvalue weighted by molar-refractivity contribution is -0.125. The highest BCUT2D eigenvalue weighted by Crippen LogP contribution is 2.27. The van der Waals surface area contributed by atoms with E-state index in [0.29, 0.717) is 12.6 Å². The maximum atomic E-state index is 10.4. The van der Waals surface area contributed by atoms with Crippen molar-refractivity contribution in [2.75, 3.05) is 0 Å². The zero-order valence-corrected chi connectivity index (χ0v) is 6.59. The van der Waals surface area contributed by atoms with Crippen LogP contribution in [0.1, 0.15) is 12.8 Å². The summed E-state index contributed by atoms with van der Waals surface area (Å²) in [5.41, 5.74) is 0. The van der Waals surface area contributed by atoms with Crippen LogP contribution in [0.2, 0.25) is 0 Å². The molecule has 0 heterocycles. The average molecular weight is 172 g/mol. The molecule has 0 saturated heterocycles. The Bertz CT molecular complexity index is 162. The Kier molecular flexibility index (Phi) is 2.94. The van der Waals surface area contributed by atoms with Gasteiger partial charge in [0.15, 0.2) is 0 Å². The predicted octanol–water partition coefficient (Wildman–Crippen LogP) is -0.868. The Morgan fingerprint density at radius 3 is 1.67 bits per heavy atom. The van der Waals surface area contributed by atoms with Gasteiger partial charge in [0, 0.05) is 18.3 Å². The molecular formula is C8H12O4. The van der Waals surface area contributed by atoms with E-state index in [4.69, 9.17) is 0 Å². The normalized spacial score (nSPS) is 42.2. The van der Waals surface area contributed by atoms with E-state index in [2.05, 4.69) is 0 Å². The minimum Gasteiger partial charge on any atom is -0.392 e. The van der Waals surface area contributed by atoms with Gasteiger partial charge in [0.1, 0.15) is 12.6 Å². The molecule has 1 rings (SSSR count). The molecule has 1 fully saturated rings. The van der Waals surface area contributed by atoms with Crippen LogP contribution >= 0.6 is 0 Å². The molecule has 1 aliphatic rings. The standard InChI is InChI=1S/C8H12O4/c9-3-5-1-6(4-10)8(12)2-7(5)11/h3-8,11-12H,1-2H2. The lowest BCUT2D eigenvalue weighted by Crippen LogP contribution is -2.39. The molecule has 4 unspecified atom stereocenters. The Hall–Kier alpha value is -0.740. The van der Waals surface area contributed by atoms with Gasteiger partial charge in [-0.15, -0.1) is 0 Å². The molecule has 68 valence electrons. The van der Waals surface area contributed by atoms with Crippen molar-refractivity contribution in [3.05, 3.63) is 0 Å². The molecule has 0 aromatic carbocycles. The average Bonchev–Trinajstić information content (AvgIpc) is 2.05. The molecule has 0 aromatic rings. The topological polar surface area (TPSA) is 74.6 Å². The Morgan fingerprint density at radius 2 is 1.33 bits per heavy atom. The third-order valence-corrected chi connectivity index (χ3v) is 2.37. The smallest absolute Gasteiger partial charge is 0.125 e. The first kappa shape index (κ1) is 9.35. The fourth-order valence-electron chi connectivity index (χ4n) is 1.52. The summed E-state index contributed by atoms with van der Waals surface area (Å²) < 4.78 is 0. The number of aliphatic hydroxyl groups excluding tert-OH is 2. The van der Waals surface area contributed by atoms with Crippen LogP contribution in [0.5, 0.6) is 0 Å². The first-order valence-electron chi connectivity index (χ1n) is 3.95. The summed E-state index contributed by atoms with van der Waals surface area (Å²) in [4.78, 5) is 20.8. The quantitative estimate of drug-likeness (QED) is 0.531. The van der Waals surface area contributed by atoms with Crippen molar-refractivity contribution in [2.45, 2.75) is 25.0 Å². The van der Waals surface area contributed by atoms with Crippen molar-refractivity contribution in [1.82, 2.24) is 0 Å². The van der Waals surface area contributed by atoms with Crippen molar-refractivity contribution in [3.8, 4) is 0 Å². The number of hydrogen-bond donors (Lipinski definition) is 2. The lowest BCUT2D eigenvalue weighted by Gasteiger charge is -2.31. The molecule has 2 N–H and O–H groups in total. The highest BCUT2D eigenvalue weighted by molar-refractivity contribution is 5.60. The Morgan fingerprint density at radius 1 is 0.917 bits per heavy atom. The van der Waals surface area contributed by atoms with Gasteiger partial charge in [-0.2, -0.15) is 0 Å². The molecule has 0 spiro atoms. The molecule has 4 heteroatoms. The maximum absolute atomic E-state index is 10.4. The van der Waals surface area contributed by atoms with Crippen LogP contribution in [0.15, 0.2) is 0 Å². The van der Waals surface area contributed by atoms with Crippen molar-refractivity contribution in [3.63, 3.8) is 0 Å². The highest BCUT2D eigenvalue weighted by atomic mass is 16.3. The van der Waals surface area contributed by atoms with Gasteiger partial charge in [-0.05, 0) is 6.42 Å². The minimum absolute atomic E-state index is 0.118. The van der Waals surface area contributed by atoms with E-state index in [0.717, 1.165) is 0 Å². The summed E-state index contributed by atoms with van der Waals surface area (Å²) >= 11 is 0. The van der Waals surface area contributed by atoms with Gasteiger partial charge < -0.3 is 19.8 Å². The van der Waals surface area contributed by atoms with E-state index in [9.17, 15) is 19.8 Å². The largest absolute Gasteiger partial charge is 0.392 e. The summed E-state index contributed by atoms with van der Waals surface area (Å²) in [7, 11) is 0. The summed E-state index contributed by atoms with van der Waals surface area (Å²) in [5, 5.41) is 18.5. The number of rotatable bonds is 2. The van der Waals surface area contributed by atoms with Crippen LogP contribution in [0.25, 0.3) is 0 Å². The van der Waals surface area contributed by atoms with Crippen LogP contribution in [0.4, 0.5) is 0 Å². The molecular weight excluding hydrogens is 160 g/mol. The number of aldehydes is 2. The van der Waals surface area contributed by atoms with Crippen LogP contribution in [-0.2, 0) is 9.59 Å². The Balaban J connectivity index is 2.62. The van der Waals surface area contributed by atoms with Crippen LogP contribution in [-0.4, -0.2) is 35.0 Å². The zero-order valence-electron chi connectivity index (χ0n) is 6.59. The third kappa shape index (κ3) is 1.70. The monoisotopic (exact) mass is 172 g/mol. The number of aliphatic hydroxyl groups is 2. The Labute approximate surface area is 70.2 Å². The molecule has 1 saturated carbocycles. The second-order valence-corrected chi connectivity index (χ2v) is 3.21. The van der Waals surface area contributed by atoms with Crippen molar-refractivity contribution in [2.24, 2.45) is 11.8 Å². The molecule has 4 nitrogen and oxygen atoms in total. The number of carbonyl (C=O) groups excluding carboxylic acids is 2. The zero-order chi connectivity index (χ0) is 9.14. The van der Waals surface area contributed by atoms with E-state index in [1.165, 1.54) is 0 Å². The van der Waals surface area contributed by atoms with Gasteiger partial charge in [-0.25, -0.2) is 0 Å². The highest BCUT2D eigenvalue weighted by Gasteiger charge is 2.34. The maximum Gasteiger partial charge on any atom is 0.125 e. The second-order valence-electron chi connectivity index (χ2n) is 3.21. The van der Waals surface area contributed by atoms with E-state index < -0.39 is 24.0 Å². The molecule has 0 bridgehead atoms. The molecule has 1 aliphatic carbocycles. The van der Waals surface area contributed by atoms with Gasteiger partial charge >= 0.3 is 0 Å². The first-order valence-corrected chi connectivity index (χ1v) is 3.95. The molecule has 0 aliphatic heterocycles. The van der Waals surface area contributed by atoms with E-state index in [1.54, 1.807) is 0 Å².